The van der Waals surface area contributed by atoms with E-state index in [2.05, 4.69) is 47.4 Å². The summed E-state index contributed by atoms with van der Waals surface area (Å²) in [4.78, 5) is 21.9. The SMILES string of the molecule is O=c1oc2ccc(Br)cc2cc1-c1csc(N/N=C/c2c(-c3ccc(Br)cc3)nc3ccccn23)n1. The molecule has 0 saturated carbocycles. The maximum Gasteiger partial charge on any atom is 0.345 e. The number of nitrogens with one attached hydrogen (secondary N) is 1. The molecule has 4 aromatic heterocycles. The second kappa shape index (κ2) is 9.45. The van der Waals surface area contributed by atoms with Crippen molar-refractivity contribution in [3.05, 3.63) is 103 Å². The van der Waals surface area contributed by atoms with Crippen LogP contribution in [0.5, 0.6) is 0 Å². The first-order valence-corrected chi connectivity index (χ1v) is 13.2. The number of imidazole rings is 1. The topological polar surface area (TPSA) is 84.8 Å². The van der Waals surface area contributed by atoms with E-state index in [1.54, 1.807) is 23.7 Å². The van der Waals surface area contributed by atoms with Gasteiger partial charge >= 0.3 is 5.63 Å². The Balaban J connectivity index is 1.30. The number of hydrogen-bond acceptors (Lipinski definition) is 7. The van der Waals surface area contributed by atoms with Crippen molar-refractivity contribution in [1.29, 1.82) is 0 Å². The van der Waals surface area contributed by atoms with Crippen LogP contribution >= 0.6 is 43.2 Å². The zero-order valence-corrected chi connectivity index (χ0v) is 22.3. The Kier molecular flexibility index (Phi) is 6.00. The molecule has 0 atom stereocenters. The van der Waals surface area contributed by atoms with E-state index in [0.717, 1.165) is 36.9 Å². The number of pyridine rings is 1. The molecule has 1 N–H and O–H groups in total. The number of nitrogens with zero attached hydrogens (tertiary/aromatic N) is 4. The molecule has 0 aliphatic carbocycles. The largest absolute Gasteiger partial charge is 0.422 e. The molecule has 0 unspecified atom stereocenters. The average molecular weight is 621 g/mol. The third kappa shape index (κ3) is 4.39. The molecular weight excluding hydrogens is 606 g/mol. The molecule has 36 heavy (non-hydrogen) atoms. The maximum absolute atomic E-state index is 12.5. The van der Waals surface area contributed by atoms with Gasteiger partial charge in [0.1, 0.15) is 11.2 Å². The molecule has 0 spiro atoms. The van der Waals surface area contributed by atoms with Crippen molar-refractivity contribution >= 4 is 71.2 Å². The number of hydrazone groups is 1. The highest BCUT2D eigenvalue weighted by atomic mass is 79.9. The van der Waals surface area contributed by atoms with Gasteiger partial charge in [0.15, 0.2) is 0 Å². The van der Waals surface area contributed by atoms with Gasteiger partial charge in [-0.05, 0) is 48.5 Å². The summed E-state index contributed by atoms with van der Waals surface area (Å²) in [5.41, 5.74) is 7.45. The lowest BCUT2D eigenvalue weighted by Crippen LogP contribution is -2.03. The summed E-state index contributed by atoms with van der Waals surface area (Å²) in [5, 5.41) is 7.59. The fourth-order valence-electron chi connectivity index (χ4n) is 3.83. The Morgan fingerprint density at radius 1 is 1.00 bits per heavy atom. The fourth-order valence-corrected chi connectivity index (χ4v) is 5.13. The average Bonchev–Trinajstić information content (AvgIpc) is 3.49. The highest BCUT2D eigenvalue weighted by Gasteiger charge is 2.14. The lowest BCUT2D eigenvalue weighted by atomic mass is 10.1. The van der Waals surface area contributed by atoms with Crippen LogP contribution in [0.25, 0.3) is 39.1 Å². The highest BCUT2D eigenvalue weighted by molar-refractivity contribution is 9.10. The molecule has 6 rings (SSSR count). The number of thiazole rings is 1. The van der Waals surface area contributed by atoms with Gasteiger partial charge in [-0.1, -0.05) is 50.1 Å². The summed E-state index contributed by atoms with van der Waals surface area (Å²) < 4.78 is 9.35. The zero-order valence-electron chi connectivity index (χ0n) is 18.4. The minimum absolute atomic E-state index is 0.396. The van der Waals surface area contributed by atoms with Crippen molar-refractivity contribution in [2.45, 2.75) is 0 Å². The number of fused-ring (bicyclic) bond motifs is 2. The third-order valence-corrected chi connectivity index (χ3v) is 7.27. The molecule has 0 aliphatic rings. The van der Waals surface area contributed by atoms with E-state index in [4.69, 9.17) is 9.40 Å². The molecule has 0 amide bonds. The van der Waals surface area contributed by atoms with E-state index in [1.807, 2.05) is 65.2 Å². The molecule has 7 nitrogen and oxygen atoms in total. The van der Waals surface area contributed by atoms with Crippen LogP contribution in [-0.4, -0.2) is 20.6 Å². The lowest BCUT2D eigenvalue weighted by Gasteiger charge is -2.01. The summed E-state index contributed by atoms with van der Waals surface area (Å²) in [6.07, 6.45) is 3.67. The Morgan fingerprint density at radius 3 is 2.69 bits per heavy atom. The van der Waals surface area contributed by atoms with E-state index in [9.17, 15) is 4.79 Å². The Morgan fingerprint density at radius 2 is 1.83 bits per heavy atom. The minimum Gasteiger partial charge on any atom is -0.422 e. The first-order valence-electron chi connectivity index (χ1n) is 10.8. The molecule has 4 heterocycles. The number of hydrogen-bond donors (Lipinski definition) is 1. The summed E-state index contributed by atoms with van der Waals surface area (Å²) in [6.45, 7) is 0. The standard InChI is InChI=1S/C26H15Br2N5O2S/c27-17-6-4-15(5-7-17)24-21(33-10-2-1-3-23(33)31-24)13-29-32-26-30-20(14-36-26)19-12-16-11-18(28)8-9-22(16)35-25(19)34/h1-14H,(H,30,32)/b29-13+. The van der Waals surface area contributed by atoms with Gasteiger partial charge in [-0.15, -0.1) is 11.3 Å². The maximum atomic E-state index is 12.5. The number of rotatable bonds is 5. The van der Waals surface area contributed by atoms with E-state index in [0.29, 0.717) is 22.0 Å². The van der Waals surface area contributed by atoms with Crippen LogP contribution in [0, 0.1) is 0 Å². The van der Waals surface area contributed by atoms with E-state index >= 15 is 0 Å². The number of benzene rings is 2. The van der Waals surface area contributed by atoms with Gasteiger partial charge < -0.3 is 4.42 Å². The molecule has 10 heteroatoms. The van der Waals surface area contributed by atoms with Crippen LogP contribution in [0.3, 0.4) is 0 Å². The summed E-state index contributed by atoms with van der Waals surface area (Å²) in [5.74, 6) is 0. The molecule has 0 saturated heterocycles. The van der Waals surface area contributed by atoms with Crippen LogP contribution in [0.2, 0.25) is 0 Å². The van der Waals surface area contributed by atoms with E-state index in [-0.39, 0.29) is 0 Å². The van der Waals surface area contributed by atoms with Gasteiger partial charge in [-0.2, -0.15) is 5.10 Å². The van der Waals surface area contributed by atoms with E-state index < -0.39 is 5.63 Å². The molecule has 0 radical (unpaired) electrons. The quantitative estimate of drug-likeness (QED) is 0.125. The van der Waals surface area contributed by atoms with Gasteiger partial charge in [0.25, 0.3) is 0 Å². The second-order valence-electron chi connectivity index (χ2n) is 7.82. The molecule has 176 valence electrons. The van der Waals surface area contributed by atoms with Crippen molar-refractivity contribution in [3.63, 3.8) is 0 Å². The van der Waals surface area contributed by atoms with Crippen LogP contribution < -0.4 is 11.1 Å². The molecule has 0 bridgehead atoms. The number of anilines is 1. The van der Waals surface area contributed by atoms with Gasteiger partial charge in [0.05, 0.1) is 28.9 Å². The normalized spacial score (nSPS) is 11.6. The number of aromatic nitrogens is 3. The summed E-state index contributed by atoms with van der Waals surface area (Å²) >= 11 is 8.28. The fraction of sp³-hybridized carbons (Fsp3) is 0. The monoisotopic (exact) mass is 619 g/mol. The Bertz CT molecular complexity index is 1820. The Hall–Kier alpha value is -3.60. The third-order valence-electron chi connectivity index (χ3n) is 5.51. The van der Waals surface area contributed by atoms with Gasteiger partial charge in [0.2, 0.25) is 5.13 Å². The number of halogens is 2. The van der Waals surface area contributed by atoms with Gasteiger partial charge in [0, 0.05) is 31.5 Å². The summed E-state index contributed by atoms with van der Waals surface area (Å²) in [7, 11) is 0. The Labute approximate surface area is 225 Å². The molecule has 2 aromatic carbocycles. The second-order valence-corrected chi connectivity index (χ2v) is 10.5. The molecule has 0 aliphatic heterocycles. The zero-order chi connectivity index (χ0) is 24.6. The van der Waals surface area contributed by atoms with Crippen molar-refractivity contribution in [3.8, 4) is 22.5 Å². The first kappa shape index (κ1) is 22.8. The molecular formula is C26H15Br2N5O2S. The predicted molar refractivity (Wildman–Crippen MR) is 151 cm³/mol. The van der Waals surface area contributed by atoms with Crippen LogP contribution in [0.15, 0.2) is 102 Å². The minimum atomic E-state index is -0.435. The summed E-state index contributed by atoms with van der Waals surface area (Å²) in [6, 6.07) is 21.1. The lowest BCUT2D eigenvalue weighted by molar-refractivity contribution is 0.563. The van der Waals surface area contributed by atoms with Crippen LogP contribution in [-0.2, 0) is 0 Å². The molecule has 6 aromatic rings. The van der Waals surface area contributed by atoms with Gasteiger partial charge in [-0.25, -0.2) is 14.8 Å². The van der Waals surface area contributed by atoms with Crippen LogP contribution in [0.4, 0.5) is 5.13 Å². The highest BCUT2D eigenvalue weighted by Crippen LogP contribution is 2.28. The van der Waals surface area contributed by atoms with Gasteiger partial charge in [-0.3, -0.25) is 9.83 Å². The predicted octanol–water partition coefficient (Wildman–Crippen LogP) is 7.20. The van der Waals surface area contributed by atoms with Crippen molar-refractivity contribution < 1.29 is 4.42 Å². The molecule has 0 fully saturated rings. The van der Waals surface area contributed by atoms with Crippen molar-refractivity contribution in [1.82, 2.24) is 14.4 Å². The van der Waals surface area contributed by atoms with Crippen molar-refractivity contribution in [2.24, 2.45) is 5.10 Å². The van der Waals surface area contributed by atoms with Crippen LogP contribution in [0.1, 0.15) is 5.69 Å². The first-order chi connectivity index (χ1) is 17.5. The van der Waals surface area contributed by atoms with E-state index in [1.165, 1.54) is 11.3 Å². The smallest absolute Gasteiger partial charge is 0.345 e. The van der Waals surface area contributed by atoms with Crippen molar-refractivity contribution in [2.75, 3.05) is 5.43 Å².